The largest absolute Gasteiger partial charge is 0.463 e. The minimum Gasteiger partial charge on any atom is -0.463 e. The van der Waals surface area contributed by atoms with Crippen LogP contribution in [0.25, 0.3) is 0 Å². The van der Waals surface area contributed by atoms with E-state index in [0.29, 0.717) is 12.8 Å². The summed E-state index contributed by atoms with van der Waals surface area (Å²) in [7, 11) is 0. The van der Waals surface area contributed by atoms with Crippen molar-refractivity contribution < 1.29 is 73.4 Å². The zero-order valence-electron chi connectivity index (χ0n) is 28.6. The van der Waals surface area contributed by atoms with Gasteiger partial charge in [0.05, 0.1) is 18.3 Å². The molecule has 6 rings (SSSR count). The van der Waals surface area contributed by atoms with E-state index in [4.69, 9.17) is 33.2 Å². The van der Waals surface area contributed by atoms with Crippen molar-refractivity contribution in [2.24, 2.45) is 28.6 Å². The summed E-state index contributed by atoms with van der Waals surface area (Å²) >= 11 is 0. The number of rotatable bonds is 7. The first-order valence-electron chi connectivity index (χ1n) is 17.4. The second kappa shape index (κ2) is 14.0. The fraction of sp³-hybridized carbons (Fsp3) is 0.882. The number of aliphatic hydroxyl groups is 6. The Morgan fingerprint density at radius 3 is 2.31 bits per heavy atom. The van der Waals surface area contributed by atoms with Gasteiger partial charge in [0.25, 0.3) is 0 Å². The van der Waals surface area contributed by atoms with Crippen molar-refractivity contribution in [2.75, 3.05) is 13.2 Å². The lowest BCUT2D eigenvalue weighted by atomic mass is 9.44. The molecule has 6 aliphatic rings. The normalized spacial score (nSPS) is 49.7. The summed E-state index contributed by atoms with van der Waals surface area (Å²) in [6.07, 6.45) is -11.1. The van der Waals surface area contributed by atoms with E-state index < -0.39 is 97.3 Å². The van der Waals surface area contributed by atoms with Crippen molar-refractivity contribution in [2.45, 2.75) is 147 Å². The molecule has 5 fully saturated rings. The predicted molar refractivity (Wildman–Crippen MR) is 165 cm³/mol. The van der Waals surface area contributed by atoms with Crippen LogP contribution in [0.3, 0.4) is 0 Å². The maximum absolute atomic E-state index is 11.8. The van der Waals surface area contributed by atoms with Crippen LogP contribution in [0.5, 0.6) is 0 Å². The van der Waals surface area contributed by atoms with Crippen molar-refractivity contribution >= 4 is 11.9 Å². The number of cyclic esters (lactones) is 1. The van der Waals surface area contributed by atoms with E-state index in [-0.39, 0.29) is 36.4 Å². The van der Waals surface area contributed by atoms with Crippen LogP contribution in [-0.4, -0.2) is 136 Å². The Bertz CT molecular complexity index is 1260. The second-order valence-electron chi connectivity index (χ2n) is 15.6. The van der Waals surface area contributed by atoms with Gasteiger partial charge in [0.1, 0.15) is 55.9 Å². The Kier molecular flexibility index (Phi) is 10.6. The van der Waals surface area contributed by atoms with Crippen molar-refractivity contribution in [1.82, 2.24) is 0 Å². The highest BCUT2D eigenvalue weighted by atomic mass is 16.8. The van der Waals surface area contributed by atoms with Crippen LogP contribution < -0.4 is 0 Å². The number of hydrogen-bond acceptors (Lipinski definition) is 15. The summed E-state index contributed by atoms with van der Waals surface area (Å²) in [5.41, 5.74) is 0.0411. The van der Waals surface area contributed by atoms with Crippen molar-refractivity contribution in [3.8, 4) is 0 Å². The molecule has 278 valence electrons. The first-order valence-corrected chi connectivity index (χ1v) is 17.4. The third-order valence-corrected chi connectivity index (χ3v) is 12.4. The number of fused-ring (bicyclic) bond motifs is 3. The van der Waals surface area contributed by atoms with E-state index in [1.165, 1.54) is 19.9 Å². The number of ether oxygens (including phenoxy) is 7. The summed E-state index contributed by atoms with van der Waals surface area (Å²) in [6, 6.07) is 0. The molecule has 15 heteroatoms. The van der Waals surface area contributed by atoms with Gasteiger partial charge >= 0.3 is 11.9 Å². The van der Waals surface area contributed by atoms with E-state index >= 15 is 0 Å². The highest BCUT2D eigenvalue weighted by Crippen LogP contribution is 2.64. The van der Waals surface area contributed by atoms with Crippen LogP contribution in [0.4, 0.5) is 0 Å². The SMILES string of the molecule is CC(=O)OCC1OC(OC2CCC3(C)C4CC(C5=CC(=O)OC5)OC(O)C4CCC3C2(C)C)C(OC2OC(C)C(O)C(O)C2O)C(O)C1O. The van der Waals surface area contributed by atoms with E-state index in [1.54, 1.807) is 0 Å². The number of carbonyl (C=O) groups excluding carboxylic acids is 2. The topological polar surface area (TPSA) is 220 Å². The molecule has 4 aliphatic heterocycles. The first kappa shape index (κ1) is 37.0. The number of carbonyl (C=O) groups is 2. The Morgan fingerprint density at radius 2 is 1.63 bits per heavy atom. The van der Waals surface area contributed by atoms with E-state index in [1.807, 2.05) is 0 Å². The van der Waals surface area contributed by atoms with Gasteiger partial charge in [-0.2, -0.15) is 0 Å². The molecule has 17 atom stereocenters. The van der Waals surface area contributed by atoms with Gasteiger partial charge < -0.3 is 63.8 Å². The Labute approximate surface area is 285 Å². The van der Waals surface area contributed by atoms with Gasteiger partial charge in [-0.05, 0) is 61.7 Å². The van der Waals surface area contributed by atoms with Crippen LogP contribution in [0.15, 0.2) is 11.6 Å². The van der Waals surface area contributed by atoms with Crippen molar-refractivity contribution in [1.29, 1.82) is 0 Å². The number of aliphatic hydroxyl groups excluding tert-OH is 6. The van der Waals surface area contributed by atoms with Crippen LogP contribution >= 0.6 is 0 Å². The predicted octanol–water partition coefficient (Wildman–Crippen LogP) is -0.347. The second-order valence-corrected chi connectivity index (χ2v) is 15.6. The van der Waals surface area contributed by atoms with Gasteiger partial charge in [0.15, 0.2) is 18.9 Å². The lowest BCUT2D eigenvalue weighted by molar-refractivity contribution is -0.376. The molecule has 0 radical (unpaired) electrons. The monoisotopic (exact) mass is 700 g/mol. The first-order chi connectivity index (χ1) is 23.0. The molecule has 4 heterocycles. The minimum atomic E-state index is -1.68. The molecule has 6 N–H and O–H groups in total. The molecule has 0 aromatic rings. The summed E-state index contributed by atoms with van der Waals surface area (Å²) in [5, 5.41) is 64.6. The van der Waals surface area contributed by atoms with Gasteiger partial charge in [-0.25, -0.2) is 4.79 Å². The maximum atomic E-state index is 11.8. The molecule has 2 saturated carbocycles. The summed E-state index contributed by atoms with van der Waals surface area (Å²) < 4.78 is 40.7. The molecule has 2 aliphatic carbocycles. The van der Waals surface area contributed by atoms with Crippen molar-refractivity contribution in [3.05, 3.63) is 11.6 Å². The average molecular weight is 701 g/mol. The molecule has 0 amide bonds. The lowest BCUT2D eigenvalue weighted by Gasteiger charge is -2.63. The summed E-state index contributed by atoms with van der Waals surface area (Å²) in [5.74, 6) is -0.862. The zero-order chi connectivity index (χ0) is 35.6. The van der Waals surface area contributed by atoms with Crippen molar-refractivity contribution in [3.63, 3.8) is 0 Å². The minimum absolute atomic E-state index is 0.0688. The fourth-order valence-electron chi connectivity index (χ4n) is 9.60. The smallest absolute Gasteiger partial charge is 0.331 e. The summed E-state index contributed by atoms with van der Waals surface area (Å²) in [4.78, 5) is 23.4. The standard InChI is InChI=1S/C34H52O15/c1-14-24(37)26(39)28(41)31(45-14)49-29-27(40)25(38)20(13-43-15(2)35)47-32(29)48-22-8-9-34(5)18-11-19(16-10-23(36)44-12-16)46-30(42)17(18)6-7-21(34)33(22,3)4/h10,14,17-22,24-32,37-42H,6-9,11-13H2,1-5H3. The maximum Gasteiger partial charge on any atom is 0.331 e. The quantitative estimate of drug-likeness (QED) is 0.148. The van der Waals surface area contributed by atoms with Gasteiger partial charge in [0.2, 0.25) is 0 Å². The Morgan fingerprint density at radius 1 is 0.898 bits per heavy atom. The van der Waals surface area contributed by atoms with Gasteiger partial charge in [-0.15, -0.1) is 0 Å². The van der Waals surface area contributed by atoms with Crippen LogP contribution in [0.2, 0.25) is 0 Å². The van der Waals surface area contributed by atoms with Crippen LogP contribution in [0, 0.1) is 28.6 Å². The molecule has 17 unspecified atom stereocenters. The van der Waals surface area contributed by atoms with Crippen LogP contribution in [0.1, 0.15) is 66.7 Å². The molecule has 3 saturated heterocycles. The lowest BCUT2D eigenvalue weighted by Crippen LogP contribution is -2.65. The fourth-order valence-corrected chi connectivity index (χ4v) is 9.60. The van der Waals surface area contributed by atoms with E-state index in [9.17, 15) is 40.2 Å². The molecule has 15 nitrogen and oxygen atoms in total. The number of esters is 2. The highest BCUT2D eigenvalue weighted by molar-refractivity contribution is 5.85. The van der Waals surface area contributed by atoms with Gasteiger partial charge in [-0.3, -0.25) is 4.79 Å². The average Bonchev–Trinajstić information content (AvgIpc) is 3.48. The Balaban J connectivity index is 1.23. The zero-order valence-corrected chi connectivity index (χ0v) is 28.6. The van der Waals surface area contributed by atoms with Crippen LogP contribution in [-0.2, 0) is 42.7 Å². The third-order valence-electron chi connectivity index (χ3n) is 12.4. The molecule has 0 spiro atoms. The summed E-state index contributed by atoms with van der Waals surface area (Å²) in [6.45, 7) is 8.99. The molecule has 0 bridgehead atoms. The van der Waals surface area contributed by atoms with Gasteiger partial charge in [-0.1, -0.05) is 20.8 Å². The molecule has 0 aromatic heterocycles. The molecular formula is C34H52O15. The molecule has 49 heavy (non-hydrogen) atoms. The van der Waals surface area contributed by atoms with E-state index in [0.717, 1.165) is 24.8 Å². The van der Waals surface area contributed by atoms with E-state index in [2.05, 4.69) is 20.8 Å². The molecule has 0 aromatic carbocycles. The molecular weight excluding hydrogens is 648 g/mol. The van der Waals surface area contributed by atoms with Gasteiger partial charge in [0, 0.05) is 24.5 Å². The third kappa shape index (κ3) is 6.81. The Hall–Kier alpha value is -1.76. The highest BCUT2D eigenvalue weighted by Gasteiger charge is 2.62. The number of hydrogen-bond donors (Lipinski definition) is 6.